The fraction of sp³-hybridized carbons (Fsp3) is 0.490. The minimum Gasteiger partial charge on any atom is -0.465 e. The number of nitrogens with zero attached hydrogens (tertiary/aromatic N) is 6. The lowest BCUT2D eigenvalue weighted by atomic mass is 9.82. The number of aliphatic hydroxyl groups excluding tert-OH is 1. The Morgan fingerprint density at radius 1 is 0.823 bits per heavy atom. The van der Waals surface area contributed by atoms with Gasteiger partial charge in [0.05, 0.1) is 55.0 Å². The number of rotatable bonds is 20. The van der Waals surface area contributed by atoms with Crippen LogP contribution in [0.2, 0.25) is 0 Å². The number of carbonyl (C=O) groups is 4. The Bertz CT molecular complexity index is 2810. The van der Waals surface area contributed by atoms with Crippen molar-refractivity contribution in [2.75, 3.05) is 57.9 Å². The molecule has 4 amide bonds. The summed E-state index contributed by atoms with van der Waals surface area (Å²) in [5, 5.41) is 31.4. The molecule has 6 rings (SSSR count). The second-order valence-electron chi connectivity index (χ2n) is 19.9. The number of aliphatic hydroxyl groups is 1. The van der Waals surface area contributed by atoms with Gasteiger partial charge in [-0.25, -0.2) is 37.1 Å². The molecule has 79 heavy (non-hydrogen) atoms. The molecule has 28 heteroatoms. The molecule has 0 spiro atoms. The number of ether oxygens (including phenoxy) is 2. The van der Waals surface area contributed by atoms with Gasteiger partial charge >= 0.3 is 24.5 Å². The number of hydrogen-bond donors (Lipinski definition) is 6. The van der Waals surface area contributed by atoms with Crippen LogP contribution in [-0.2, 0) is 38.6 Å². The number of benzene rings is 2. The summed E-state index contributed by atoms with van der Waals surface area (Å²) < 4.78 is 155. The van der Waals surface area contributed by atoms with E-state index in [-0.39, 0.29) is 16.8 Å². The van der Waals surface area contributed by atoms with Gasteiger partial charge in [-0.2, -0.15) is 31.4 Å². The number of alkyl halides is 8. The quantitative estimate of drug-likeness (QED) is 0.0348. The molecule has 0 radical (unpaired) electrons. The van der Waals surface area contributed by atoms with E-state index in [2.05, 4.69) is 41.8 Å². The second kappa shape index (κ2) is 25.3. The normalized spacial score (nSPS) is 16.3. The van der Waals surface area contributed by atoms with Crippen LogP contribution in [0.25, 0.3) is 11.3 Å². The number of methoxy groups -OCH3 is 1. The monoisotopic (exact) mass is 1130 g/mol. The number of piperazine rings is 1. The summed E-state index contributed by atoms with van der Waals surface area (Å²) >= 11 is 0. The van der Waals surface area contributed by atoms with E-state index >= 15 is 8.78 Å². The van der Waals surface area contributed by atoms with E-state index in [1.807, 2.05) is 11.5 Å². The van der Waals surface area contributed by atoms with E-state index in [4.69, 9.17) is 4.74 Å². The molecule has 430 valence electrons. The van der Waals surface area contributed by atoms with Crippen molar-refractivity contribution in [3.8, 4) is 23.1 Å². The van der Waals surface area contributed by atoms with E-state index in [1.54, 1.807) is 22.9 Å². The molecular formula is C51H58F10N10O8. The number of amides is 4. The number of hydrazine groups is 1. The van der Waals surface area contributed by atoms with Gasteiger partial charge in [-0.15, -0.1) is 0 Å². The van der Waals surface area contributed by atoms with Gasteiger partial charge in [0.2, 0.25) is 5.91 Å². The first-order chi connectivity index (χ1) is 37.0. The predicted molar refractivity (Wildman–Crippen MR) is 263 cm³/mol. The van der Waals surface area contributed by atoms with E-state index in [9.17, 15) is 64.5 Å². The Balaban J connectivity index is 1.31. The molecule has 18 nitrogen and oxygen atoms in total. The van der Waals surface area contributed by atoms with Crippen LogP contribution >= 0.6 is 0 Å². The SMILES string of the molecule is COC(=O)N[C@H](C(=O)NN(Cc1c(F)cc(-c2ccn(CC(F)F)n2)cc1F)C[C@H](O)[C@H](Cc1ccc(C#Cc2ccc(N3CCN(C4COC4)CC3)nc2)cc1)NC(=O)[C@@H](NC(=O)O)C(C)(C)C(F)(F)F)C(C)(C)C(F)(F)F. The average Bonchev–Trinajstić information content (AvgIpc) is 3.86. The number of alkyl carbamates (subject to hydrolysis) is 1. The van der Waals surface area contributed by atoms with Crippen molar-refractivity contribution >= 4 is 29.8 Å². The zero-order valence-electron chi connectivity index (χ0n) is 43.2. The van der Waals surface area contributed by atoms with Crippen LogP contribution in [0.15, 0.2) is 67.0 Å². The van der Waals surface area contributed by atoms with Crippen LogP contribution in [0.3, 0.4) is 0 Å². The fourth-order valence-corrected chi connectivity index (χ4v) is 8.42. The van der Waals surface area contributed by atoms with Crippen molar-refractivity contribution in [1.29, 1.82) is 0 Å². The minimum atomic E-state index is -5.23. The number of hydrogen-bond acceptors (Lipinski definition) is 12. The summed E-state index contributed by atoms with van der Waals surface area (Å²) in [7, 11) is 0.778. The zero-order chi connectivity index (χ0) is 58.2. The third-order valence-corrected chi connectivity index (χ3v) is 13.6. The van der Waals surface area contributed by atoms with E-state index in [1.165, 1.54) is 30.3 Å². The second-order valence-corrected chi connectivity index (χ2v) is 19.9. The number of anilines is 1. The molecule has 2 aliphatic rings. The third-order valence-electron chi connectivity index (χ3n) is 13.6. The molecule has 2 aliphatic heterocycles. The lowest BCUT2D eigenvalue weighted by molar-refractivity contribution is -0.221. The molecule has 2 aromatic heterocycles. The summed E-state index contributed by atoms with van der Waals surface area (Å²) in [6.45, 7) is 3.72. The molecule has 0 saturated carbocycles. The summed E-state index contributed by atoms with van der Waals surface area (Å²) in [6.07, 6.45) is -16.8. The summed E-state index contributed by atoms with van der Waals surface area (Å²) in [6, 6.07) is 5.68. The highest BCUT2D eigenvalue weighted by Gasteiger charge is 2.57. The van der Waals surface area contributed by atoms with E-state index < -0.39 is 121 Å². The standard InChI is InChI=1S/C51H58F10N10O8/c1-48(2,50(56,57)58)42(64-46(75)76)44(73)63-38(20-30-9-6-29(7-10-30)8-11-31-12-13-41(62-23-31)69-18-16-68(17-19-69)33-27-79-28-33)39(72)25-71(67-45(74)43(65-47(77)78-5)49(3,4)51(59,60)61)24-34-35(52)21-32(22-36(34)53)37-14-15-70(66-37)26-40(54)55/h6-7,9-10,12-15,21-23,33,38-40,42-43,64,72H,16-20,24-28H2,1-5H3,(H,63,73)(H,65,77)(H,67,74)(H,75,76)/t38-,39-,42+,43+/m0/s1. The summed E-state index contributed by atoms with van der Waals surface area (Å²) in [4.78, 5) is 61.1. The molecule has 0 unspecified atom stereocenters. The average molecular weight is 1130 g/mol. The van der Waals surface area contributed by atoms with Crippen LogP contribution in [0, 0.1) is 34.3 Å². The maximum atomic E-state index is 16.1. The van der Waals surface area contributed by atoms with Gasteiger partial charge in [-0.3, -0.25) is 24.6 Å². The molecule has 0 bridgehead atoms. The predicted octanol–water partition coefficient (Wildman–Crippen LogP) is 5.87. The lowest BCUT2D eigenvalue weighted by Crippen LogP contribution is -2.63. The maximum Gasteiger partial charge on any atom is 0.407 e. The first-order valence-corrected chi connectivity index (χ1v) is 24.4. The van der Waals surface area contributed by atoms with Crippen LogP contribution < -0.4 is 26.3 Å². The van der Waals surface area contributed by atoms with Gasteiger partial charge in [0.1, 0.15) is 36.1 Å². The Morgan fingerprint density at radius 3 is 1.92 bits per heavy atom. The topological polar surface area (TPSA) is 216 Å². The summed E-state index contributed by atoms with van der Waals surface area (Å²) in [5.41, 5.74) is -4.32. The molecule has 2 saturated heterocycles. The smallest absolute Gasteiger partial charge is 0.407 e. The number of carboxylic acid groups (broad SMARTS) is 1. The lowest BCUT2D eigenvalue weighted by Gasteiger charge is -2.42. The Morgan fingerprint density at radius 2 is 1.41 bits per heavy atom. The van der Waals surface area contributed by atoms with Crippen molar-refractivity contribution in [3.05, 3.63) is 101 Å². The maximum absolute atomic E-state index is 16.1. The minimum absolute atomic E-state index is 0.164. The number of carbonyl (C=O) groups excluding carboxylic acids is 3. The highest BCUT2D eigenvalue weighted by atomic mass is 19.4. The Hall–Kier alpha value is -7.22. The highest BCUT2D eigenvalue weighted by molar-refractivity contribution is 5.87. The van der Waals surface area contributed by atoms with Crippen LogP contribution in [-0.4, -0.2) is 161 Å². The van der Waals surface area contributed by atoms with E-state index in [0.717, 1.165) is 75.3 Å². The van der Waals surface area contributed by atoms with Crippen molar-refractivity contribution in [2.24, 2.45) is 10.8 Å². The molecule has 2 fully saturated rings. The van der Waals surface area contributed by atoms with Crippen LogP contribution in [0.1, 0.15) is 49.9 Å². The van der Waals surface area contributed by atoms with Crippen molar-refractivity contribution in [3.63, 3.8) is 0 Å². The van der Waals surface area contributed by atoms with Crippen molar-refractivity contribution in [2.45, 2.75) is 96.3 Å². The molecule has 6 N–H and O–H groups in total. The largest absolute Gasteiger partial charge is 0.465 e. The molecular weight excluding hydrogens is 1070 g/mol. The zero-order valence-corrected chi connectivity index (χ0v) is 43.2. The van der Waals surface area contributed by atoms with Crippen molar-refractivity contribution < 1.29 is 82.8 Å². The molecule has 0 aliphatic carbocycles. The summed E-state index contributed by atoms with van der Waals surface area (Å²) in [5.74, 6) is 0.634. The number of aromatic nitrogens is 3. The van der Waals surface area contributed by atoms with Gasteiger partial charge < -0.3 is 40.5 Å². The van der Waals surface area contributed by atoms with Crippen molar-refractivity contribution in [1.82, 2.24) is 46.0 Å². The van der Waals surface area contributed by atoms with Gasteiger partial charge in [-0.1, -0.05) is 24.0 Å². The highest BCUT2D eigenvalue weighted by Crippen LogP contribution is 2.42. The first-order valence-electron chi connectivity index (χ1n) is 24.4. The Labute approximate surface area is 446 Å². The molecule has 2 aromatic carbocycles. The van der Waals surface area contributed by atoms with Gasteiger partial charge in [0, 0.05) is 73.9 Å². The van der Waals surface area contributed by atoms with Gasteiger partial charge in [-0.05, 0) is 82.1 Å². The fourth-order valence-electron chi connectivity index (χ4n) is 8.42. The first kappa shape index (κ1) is 61.0. The van der Waals surface area contributed by atoms with Gasteiger partial charge in [0.25, 0.3) is 12.3 Å². The number of nitrogens with one attached hydrogen (secondary N) is 4. The van der Waals surface area contributed by atoms with Gasteiger partial charge in [0.15, 0.2) is 0 Å². The number of pyridine rings is 1. The van der Waals surface area contributed by atoms with E-state index in [0.29, 0.717) is 49.9 Å². The molecule has 4 aromatic rings. The Kier molecular flexibility index (Phi) is 19.5. The molecule has 4 atom stereocenters. The third kappa shape index (κ3) is 15.5. The number of halogens is 10. The molecule has 4 heterocycles. The van der Waals surface area contributed by atoms with Crippen LogP contribution in [0.4, 0.5) is 59.3 Å². The van der Waals surface area contributed by atoms with Crippen LogP contribution in [0.5, 0.6) is 0 Å².